The van der Waals surface area contributed by atoms with Gasteiger partial charge in [-0.2, -0.15) is 0 Å². The average molecular weight is 590 g/mol. The first-order valence-corrected chi connectivity index (χ1v) is 15.8. The number of rotatable bonds is 10. The Morgan fingerprint density at radius 2 is 1.78 bits per heavy atom. The number of benzene rings is 2. The molecule has 0 radical (unpaired) electrons. The molecule has 2 atom stereocenters. The molecule has 224 valence electrons. The normalized spacial score (nSPS) is 18.1. The van der Waals surface area contributed by atoms with Crippen LogP contribution in [0.25, 0.3) is 0 Å². The van der Waals surface area contributed by atoms with Gasteiger partial charge in [0.2, 0.25) is 0 Å². The highest BCUT2D eigenvalue weighted by atomic mass is 32.2. The number of fused-ring (bicyclic) bond motifs is 1. The number of sulfone groups is 1. The van der Waals surface area contributed by atoms with Crippen LogP contribution in [-0.2, 0) is 35.3 Å². The highest BCUT2D eigenvalue weighted by Crippen LogP contribution is 2.40. The van der Waals surface area contributed by atoms with E-state index in [9.17, 15) is 22.4 Å². The number of carbonyl (C=O) groups is 2. The zero-order valence-corrected chi connectivity index (χ0v) is 25.0. The smallest absolute Gasteiger partial charge is 0.408 e. The number of ether oxygens (including phenoxy) is 2. The molecule has 2 aromatic carbocycles. The van der Waals surface area contributed by atoms with Crippen molar-refractivity contribution in [2.24, 2.45) is 5.92 Å². The van der Waals surface area contributed by atoms with E-state index < -0.39 is 33.7 Å². The van der Waals surface area contributed by atoms with Crippen molar-refractivity contribution in [1.29, 1.82) is 0 Å². The first kappa shape index (κ1) is 30.8. The lowest BCUT2D eigenvalue weighted by atomic mass is 9.87. The van der Waals surface area contributed by atoms with Crippen LogP contribution in [0.5, 0.6) is 0 Å². The van der Waals surface area contributed by atoms with Crippen LogP contribution in [0, 0.1) is 11.7 Å². The van der Waals surface area contributed by atoms with Crippen molar-refractivity contribution in [2.75, 3.05) is 50.0 Å². The molecule has 2 heterocycles. The number of carbonyl (C=O) groups excluding carboxylic acids is 2. The third kappa shape index (κ3) is 7.97. The van der Waals surface area contributed by atoms with E-state index in [0.29, 0.717) is 45.0 Å². The quantitative estimate of drug-likeness (QED) is 0.452. The van der Waals surface area contributed by atoms with Crippen LogP contribution in [0.15, 0.2) is 48.5 Å². The number of halogens is 1. The van der Waals surface area contributed by atoms with E-state index in [2.05, 4.69) is 24.1 Å². The molecule has 2 aliphatic rings. The maximum atomic E-state index is 14.0. The summed E-state index contributed by atoms with van der Waals surface area (Å²) in [5.41, 5.74) is 2.12. The summed E-state index contributed by atoms with van der Waals surface area (Å²) in [6.07, 6.45) is -2.35. The number of morpholine rings is 1. The Kier molecular flexibility index (Phi) is 9.59. The first-order chi connectivity index (χ1) is 19.3. The predicted molar refractivity (Wildman–Crippen MR) is 155 cm³/mol. The molecule has 0 bridgehead atoms. The van der Waals surface area contributed by atoms with Crippen LogP contribution >= 0.6 is 0 Å². The summed E-state index contributed by atoms with van der Waals surface area (Å²) in [5.74, 6) is -1.76. The van der Waals surface area contributed by atoms with Gasteiger partial charge in [0.1, 0.15) is 5.82 Å². The second-order valence-corrected chi connectivity index (χ2v) is 13.9. The monoisotopic (exact) mass is 589 g/mol. The predicted octanol–water partition coefficient (Wildman–Crippen LogP) is 3.52. The third-order valence-electron chi connectivity index (χ3n) is 7.62. The van der Waals surface area contributed by atoms with Gasteiger partial charge in [-0.3, -0.25) is 4.79 Å². The largest absolute Gasteiger partial charge is 0.435 e. The molecule has 9 nitrogen and oxygen atoms in total. The minimum Gasteiger partial charge on any atom is -0.435 e. The van der Waals surface area contributed by atoms with Crippen molar-refractivity contribution in [3.05, 3.63) is 65.5 Å². The van der Waals surface area contributed by atoms with Crippen LogP contribution in [0.1, 0.15) is 38.8 Å². The lowest BCUT2D eigenvalue weighted by molar-refractivity contribution is -0.143. The minimum atomic E-state index is -3.80. The van der Waals surface area contributed by atoms with Crippen molar-refractivity contribution >= 4 is 27.5 Å². The summed E-state index contributed by atoms with van der Waals surface area (Å²) in [5, 5.41) is 2.87. The lowest BCUT2D eigenvalue weighted by Crippen LogP contribution is -2.52. The van der Waals surface area contributed by atoms with Crippen LogP contribution < -0.4 is 10.2 Å². The van der Waals surface area contributed by atoms with Gasteiger partial charge < -0.3 is 24.6 Å². The average Bonchev–Trinajstić information content (AvgIpc) is 3.16. The fourth-order valence-corrected chi connectivity index (χ4v) is 6.86. The molecule has 0 saturated carbocycles. The Hall–Kier alpha value is -3.18. The van der Waals surface area contributed by atoms with Gasteiger partial charge in [0.05, 0.1) is 30.8 Å². The molecule has 0 aliphatic carbocycles. The van der Waals surface area contributed by atoms with E-state index in [-0.39, 0.29) is 28.9 Å². The van der Waals surface area contributed by atoms with E-state index in [0.717, 1.165) is 11.3 Å². The van der Waals surface area contributed by atoms with Gasteiger partial charge in [0.25, 0.3) is 5.91 Å². The van der Waals surface area contributed by atoms with Crippen LogP contribution in [0.3, 0.4) is 0 Å². The zero-order chi connectivity index (χ0) is 29.8. The minimum absolute atomic E-state index is 0.00892. The zero-order valence-electron chi connectivity index (χ0n) is 24.1. The summed E-state index contributed by atoms with van der Waals surface area (Å²) in [6, 6.07) is 13.0. The molecular weight excluding hydrogens is 549 g/mol. The Labute approximate surface area is 241 Å². The molecular formula is C30H40FN3O6S. The Morgan fingerprint density at radius 1 is 1.10 bits per heavy atom. The summed E-state index contributed by atoms with van der Waals surface area (Å²) in [7, 11) is -3.80. The topological polar surface area (TPSA) is 105 Å². The van der Waals surface area contributed by atoms with Gasteiger partial charge in [-0.05, 0) is 35.2 Å². The Bertz CT molecular complexity index is 1330. The maximum Gasteiger partial charge on any atom is 0.408 e. The molecule has 1 N–H and O–H groups in total. The number of hydrogen-bond acceptors (Lipinski definition) is 7. The lowest BCUT2D eigenvalue weighted by Gasteiger charge is -2.32. The summed E-state index contributed by atoms with van der Waals surface area (Å²) in [6.45, 7) is 10.3. The van der Waals surface area contributed by atoms with Crippen molar-refractivity contribution in [3.8, 4) is 0 Å². The van der Waals surface area contributed by atoms with Crippen LogP contribution in [0.4, 0.5) is 14.9 Å². The number of nitrogens with zero attached hydrogens (tertiary/aromatic N) is 2. The Morgan fingerprint density at radius 3 is 2.44 bits per heavy atom. The van der Waals surface area contributed by atoms with Gasteiger partial charge in [-0.1, -0.05) is 58.0 Å². The molecule has 2 aromatic rings. The molecule has 2 amide bonds. The van der Waals surface area contributed by atoms with E-state index in [4.69, 9.17) is 9.47 Å². The summed E-state index contributed by atoms with van der Waals surface area (Å²) >= 11 is 0. The maximum absolute atomic E-state index is 14.0. The van der Waals surface area contributed by atoms with Crippen molar-refractivity contribution in [2.45, 2.75) is 51.0 Å². The standard InChI is InChI=1S/C30H40FN3O6S/c1-21(2)25(17-34-20-30(3,4)24-16-23(31)10-11-26(24)34)32-29(36)40-27(28(35)33-12-14-39-15-13-33)19-41(37,38)18-22-8-6-5-7-9-22/h5-11,16,21,25,27H,12-15,17-20H2,1-4H3,(H,32,36)/t25-,27?/m1/s1. The van der Waals surface area contributed by atoms with Crippen molar-refractivity contribution < 1.29 is 31.9 Å². The first-order valence-electron chi connectivity index (χ1n) is 14.0. The van der Waals surface area contributed by atoms with Crippen molar-refractivity contribution in [3.63, 3.8) is 0 Å². The second kappa shape index (κ2) is 12.8. The molecule has 2 aliphatic heterocycles. The van der Waals surface area contributed by atoms with Crippen LogP contribution in [0.2, 0.25) is 0 Å². The number of nitrogens with one attached hydrogen (secondary N) is 1. The molecule has 11 heteroatoms. The van der Waals surface area contributed by atoms with Gasteiger partial charge in [-0.25, -0.2) is 17.6 Å². The highest BCUT2D eigenvalue weighted by Gasteiger charge is 2.38. The SMILES string of the molecule is CC(C)[C@@H](CN1CC(C)(C)c2cc(F)ccc21)NC(=O)OC(CS(=O)(=O)Cc1ccccc1)C(=O)N1CCOCC1. The fourth-order valence-electron chi connectivity index (χ4n) is 5.37. The highest BCUT2D eigenvalue weighted by molar-refractivity contribution is 7.90. The van der Waals surface area contributed by atoms with Gasteiger partial charge in [-0.15, -0.1) is 0 Å². The van der Waals surface area contributed by atoms with Gasteiger partial charge >= 0.3 is 6.09 Å². The number of amides is 2. The third-order valence-corrected chi connectivity index (χ3v) is 9.21. The van der Waals surface area contributed by atoms with E-state index in [1.807, 2.05) is 13.8 Å². The van der Waals surface area contributed by atoms with Gasteiger partial charge in [0, 0.05) is 37.3 Å². The van der Waals surface area contributed by atoms with Crippen molar-refractivity contribution in [1.82, 2.24) is 10.2 Å². The Balaban J connectivity index is 1.48. The number of anilines is 1. The van der Waals surface area contributed by atoms with Gasteiger partial charge in [0.15, 0.2) is 15.9 Å². The van der Waals surface area contributed by atoms with Crippen LogP contribution in [-0.4, -0.2) is 82.6 Å². The van der Waals surface area contributed by atoms with E-state index in [1.165, 1.54) is 11.0 Å². The molecule has 1 saturated heterocycles. The van der Waals surface area contributed by atoms with E-state index in [1.54, 1.807) is 42.5 Å². The number of hydrogen-bond donors (Lipinski definition) is 1. The molecule has 0 aromatic heterocycles. The molecule has 0 spiro atoms. The molecule has 1 fully saturated rings. The molecule has 1 unspecified atom stereocenters. The fraction of sp³-hybridized carbons (Fsp3) is 0.533. The van der Waals surface area contributed by atoms with E-state index >= 15 is 0 Å². The second-order valence-electron chi connectivity index (χ2n) is 11.8. The molecule has 41 heavy (non-hydrogen) atoms. The molecule has 4 rings (SSSR count). The number of alkyl carbamates (subject to hydrolysis) is 1. The summed E-state index contributed by atoms with van der Waals surface area (Å²) < 4.78 is 51.1. The summed E-state index contributed by atoms with van der Waals surface area (Å²) in [4.78, 5) is 30.1.